The van der Waals surface area contributed by atoms with Crippen LogP contribution < -0.4 is 4.90 Å². The number of hydrogen-bond acceptors (Lipinski definition) is 3. The smallest absolute Gasteiger partial charge is 0.177 e. The Labute approximate surface area is 282 Å². The van der Waals surface area contributed by atoms with Gasteiger partial charge in [-0.1, -0.05) is 115 Å². The Morgan fingerprint density at radius 1 is 0.469 bits per heavy atom. The molecule has 0 N–H and O–H groups in total. The zero-order chi connectivity index (χ0) is 32.3. The lowest BCUT2D eigenvalue weighted by molar-refractivity contribution is 0.672. The minimum atomic E-state index is 0.754. The summed E-state index contributed by atoms with van der Waals surface area (Å²) >= 11 is 0. The highest BCUT2D eigenvalue weighted by molar-refractivity contribution is 6.16. The van der Waals surface area contributed by atoms with Gasteiger partial charge in [-0.25, -0.2) is 0 Å². The van der Waals surface area contributed by atoms with Crippen molar-refractivity contribution < 1.29 is 4.42 Å². The van der Waals surface area contributed by atoms with Crippen molar-refractivity contribution in [3.8, 4) is 16.8 Å². The number of para-hydroxylation sites is 2. The third-order valence-corrected chi connectivity index (χ3v) is 9.63. The van der Waals surface area contributed by atoms with Crippen molar-refractivity contribution in [1.29, 1.82) is 0 Å². The molecule has 0 aliphatic heterocycles. The highest BCUT2D eigenvalue weighted by Gasteiger charge is 2.22. The van der Waals surface area contributed by atoms with Crippen LogP contribution >= 0.6 is 0 Å². The van der Waals surface area contributed by atoms with Gasteiger partial charge in [0.1, 0.15) is 11.1 Å². The molecule has 0 saturated carbocycles. The first-order chi connectivity index (χ1) is 24.3. The fourth-order valence-corrected chi connectivity index (χ4v) is 7.36. The third-order valence-electron chi connectivity index (χ3n) is 9.63. The van der Waals surface area contributed by atoms with Crippen LogP contribution in [0.2, 0.25) is 0 Å². The van der Waals surface area contributed by atoms with Crippen LogP contribution in [-0.2, 0) is 0 Å². The molecule has 49 heavy (non-hydrogen) atoms. The summed E-state index contributed by atoms with van der Waals surface area (Å²) in [5.41, 5.74) is 11.2. The zero-order valence-electron chi connectivity index (χ0n) is 26.5. The topological polar surface area (TPSA) is 34.2 Å². The minimum Gasteiger partial charge on any atom is -0.451 e. The molecule has 7 aromatic carbocycles. The van der Waals surface area contributed by atoms with Crippen molar-refractivity contribution in [3.63, 3.8) is 0 Å². The summed E-state index contributed by atoms with van der Waals surface area (Å²) in [5.74, 6) is 0. The number of aromatic nitrogens is 2. The molecule has 0 bridgehead atoms. The average Bonchev–Trinajstić information content (AvgIpc) is 3.72. The quantitative estimate of drug-likeness (QED) is 0.190. The molecule has 10 rings (SSSR count). The Morgan fingerprint density at radius 3 is 1.96 bits per heavy atom. The van der Waals surface area contributed by atoms with Gasteiger partial charge in [-0.05, 0) is 71.1 Å². The number of fused-ring (bicyclic) bond motifs is 8. The normalized spacial score (nSPS) is 11.7. The van der Waals surface area contributed by atoms with Gasteiger partial charge in [-0.3, -0.25) is 4.98 Å². The molecule has 0 aliphatic carbocycles. The second-order valence-electron chi connectivity index (χ2n) is 12.4. The maximum Gasteiger partial charge on any atom is 0.177 e. The molecule has 0 spiro atoms. The molecule has 10 aromatic rings. The van der Waals surface area contributed by atoms with Crippen LogP contribution in [0.3, 0.4) is 0 Å². The first-order valence-electron chi connectivity index (χ1n) is 16.5. The van der Waals surface area contributed by atoms with Crippen molar-refractivity contribution in [2.45, 2.75) is 0 Å². The van der Waals surface area contributed by atoms with E-state index in [1.807, 2.05) is 6.20 Å². The van der Waals surface area contributed by atoms with E-state index in [1.165, 1.54) is 27.4 Å². The Balaban J connectivity index is 1.24. The van der Waals surface area contributed by atoms with Gasteiger partial charge < -0.3 is 13.9 Å². The monoisotopic (exact) mass is 627 g/mol. The summed E-state index contributed by atoms with van der Waals surface area (Å²) in [6, 6.07) is 60.0. The van der Waals surface area contributed by atoms with E-state index in [1.54, 1.807) is 0 Å². The molecule has 0 atom stereocenters. The van der Waals surface area contributed by atoms with Crippen LogP contribution in [0, 0.1) is 0 Å². The van der Waals surface area contributed by atoms with Gasteiger partial charge in [0.2, 0.25) is 0 Å². The van der Waals surface area contributed by atoms with Crippen molar-refractivity contribution in [2.24, 2.45) is 0 Å². The van der Waals surface area contributed by atoms with Gasteiger partial charge in [0.15, 0.2) is 5.58 Å². The Kier molecular flexibility index (Phi) is 6.15. The number of hydrogen-bond donors (Lipinski definition) is 0. The average molecular weight is 628 g/mol. The largest absolute Gasteiger partial charge is 0.451 e. The Morgan fingerprint density at radius 2 is 1.12 bits per heavy atom. The molecule has 3 aromatic heterocycles. The lowest BCUT2D eigenvalue weighted by Crippen LogP contribution is -2.10. The van der Waals surface area contributed by atoms with Gasteiger partial charge in [-0.2, -0.15) is 0 Å². The second-order valence-corrected chi connectivity index (χ2v) is 12.4. The summed E-state index contributed by atoms with van der Waals surface area (Å²) in [6.45, 7) is 0. The zero-order valence-corrected chi connectivity index (χ0v) is 26.5. The number of furan rings is 1. The van der Waals surface area contributed by atoms with E-state index in [0.29, 0.717) is 0 Å². The highest BCUT2D eigenvalue weighted by atomic mass is 16.3. The second kappa shape index (κ2) is 11.0. The van der Waals surface area contributed by atoms with Gasteiger partial charge >= 0.3 is 0 Å². The number of pyridine rings is 1. The van der Waals surface area contributed by atoms with E-state index in [0.717, 1.165) is 61.1 Å². The third kappa shape index (κ3) is 4.35. The first-order valence-corrected chi connectivity index (χ1v) is 16.5. The van der Waals surface area contributed by atoms with E-state index < -0.39 is 0 Å². The van der Waals surface area contributed by atoms with E-state index in [2.05, 4.69) is 179 Å². The fraction of sp³-hybridized carbons (Fsp3) is 0. The maximum absolute atomic E-state index is 6.83. The maximum atomic E-state index is 6.83. The molecule has 0 radical (unpaired) electrons. The van der Waals surface area contributed by atoms with Crippen molar-refractivity contribution >= 4 is 71.7 Å². The van der Waals surface area contributed by atoms with Crippen LogP contribution in [-0.4, -0.2) is 9.55 Å². The molecule has 230 valence electrons. The summed E-state index contributed by atoms with van der Waals surface area (Å²) < 4.78 is 9.19. The van der Waals surface area contributed by atoms with E-state index in [4.69, 9.17) is 9.40 Å². The molecule has 4 nitrogen and oxygen atoms in total. The molecule has 0 fully saturated rings. The molecule has 0 aliphatic rings. The van der Waals surface area contributed by atoms with Crippen LogP contribution in [0.1, 0.15) is 0 Å². The molecule has 0 unspecified atom stereocenters. The summed E-state index contributed by atoms with van der Waals surface area (Å²) in [6.07, 6.45) is 1.90. The molecule has 4 heteroatoms. The van der Waals surface area contributed by atoms with E-state index in [9.17, 15) is 0 Å². The molecule has 0 saturated heterocycles. The van der Waals surface area contributed by atoms with Crippen LogP contribution in [0.25, 0.3) is 71.5 Å². The summed E-state index contributed by atoms with van der Waals surface area (Å²) in [7, 11) is 0. The molecule has 3 heterocycles. The van der Waals surface area contributed by atoms with E-state index in [-0.39, 0.29) is 0 Å². The van der Waals surface area contributed by atoms with Crippen LogP contribution in [0.15, 0.2) is 180 Å². The Bertz CT molecular complexity index is 2820. The van der Waals surface area contributed by atoms with Gasteiger partial charge in [0, 0.05) is 44.8 Å². The standard InChI is InChI=1S/C45H29N3O/c1-3-11-30(12-4-1)31-19-22-34(23-20-31)47(41-27-28-46-43-39-25-21-32-13-7-8-16-36(32)44(39)49-45(41)43)35-24-26-38-37-17-9-10-18-40(37)48(42(38)29-35)33-14-5-2-6-15-33/h1-29H. The molecular formula is C45H29N3O. The first kappa shape index (κ1) is 27.5. The van der Waals surface area contributed by atoms with Crippen molar-refractivity contribution in [3.05, 3.63) is 176 Å². The number of rotatable bonds is 5. The predicted octanol–water partition coefficient (Wildman–Crippen LogP) is 12.4. The summed E-state index contributed by atoms with van der Waals surface area (Å²) in [4.78, 5) is 7.17. The SMILES string of the molecule is c1ccc(-c2ccc(N(c3ccc4c5ccccc5n(-c5ccccc5)c4c3)c3ccnc4c3oc3c5ccccc5ccc43)cc2)cc1. The highest BCUT2D eigenvalue weighted by Crippen LogP contribution is 2.44. The minimum absolute atomic E-state index is 0.754. The van der Waals surface area contributed by atoms with Crippen molar-refractivity contribution in [2.75, 3.05) is 4.90 Å². The number of benzene rings is 7. The molecular weight excluding hydrogens is 599 g/mol. The fourth-order valence-electron chi connectivity index (χ4n) is 7.36. The molecule has 0 amide bonds. The lowest BCUT2D eigenvalue weighted by atomic mass is 10.0. The van der Waals surface area contributed by atoms with Gasteiger partial charge in [-0.15, -0.1) is 0 Å². The van der Waals surface area contributed by atoms with Crippen LogP contribution in [0.4, 0.5) is 17.1 Å². The van der Waals surface area contributed by atoms with Gasteiger partial charge in [0.25, 0.3) is 0 Å². The number of nitrogens with zero attached hydrogens (tertiary/aromatic N) is 3. The van der Waals surface area contributed by atoms with E-state index >= 15 is 0 Å². The van der Waals surface area contributed by atoms with Crippen LogP contribution in [0.5, 0.6) is 0 Å². The summed E-state index contributed by atoms with van der Waals surface area (Å²) in [5, 5.41) is 5.66. The predicted molar refractivity (Wildman–Crippen MR) is 203 cm³/mol. The Hall–Kier alpha value is -6.65. The lowest BCUT2D eigenvalue weighted by Gasteiger charge is -2.26. The van der Waals surface area contributed by atoms with Gasteiger partial charge in [0.05, 0.1) is 16.7 Å². The number of anilines is 3. The van der Waals surface area contributed by atoms with Crippen molar-refractivity contribution in [1.82, 2.24) is 9.55 Å².